The van der Waals surface area contributed by atoms with Gasteiger partial charge in [0.15, 0.2) is 5.11 Å². The quantitative estimate of drug-likeness (QED) is 0.268. The molecule has 0 amide bonds. The molecule has 4 aromatic rings. The second-order valence-corrected chi connectivity index (χ2v) is 11.4. The second-order valence-electron chi connectivity index (χ2n) is 8.87. The van der Waals surface area contributed by atoms with E-state index in [1.165, 1.54) is 7.11 Å². The molecule has 1 aliphatic heterocycles. The highest BCUT2D eigenvalue weighted by Crippen LogP contribution is 2.44. The first kappa shape index (κ1) is 26.0. The summed E-state index contributed by atoms with van der Waals surface area (Å²) in [7, 11) is -2.02. The van der Waals surface area contributed by atoms with Crippen LogP contribution in [0.2, 0.25) is 5.02 Å². The van der Waals surface area contributed by atoms with Crippen LogP contribution < -0.4 is 19.7 Å². The lowest BCUT2D eigenvalue weighted by molar-refractivity contribution is 0.416. The number of sulfonamides is 1. The van der Waals surface area contributed by atoms with Crippen LogP contribution in [-0.2, 0) is 10.0 Å². The Labute approximate surface area is 231 Å². The molecule has 0 radical (unpaired) electrons. The summed E-state index contributed by atoms with van der Waals surface area (Å²) in [4.78, 5) is 6.49. The van der Waals surface area contributed by atoms with Crippen molar-refractivity contribution in [1.29, 1.82) is 0 Å². The average Bonchev–Trinajstić information content (AvgIpc) is 3.50. The van der Waals surface area contributed by atoms with E-state index in [-0.39, 0.29) is 6.04 Å². The summed E-state index contributed by atoms with van der Waals surface area (Å²) >= 11 is 12.2. The number of thiocarbonyl (C=S) groups is 1. The highest BCUT2D eigenvalue weighted by molar-refractivity contribution is 7.92. The molecule has 2 aromatic carbocycles. The predicted octanol–water partition coefficient (Wildman–Crippen LogP) is 5.86. The molecule has 2 N–H and O–H groups in total. The molecular weight excluding hydrogens is 544 g/mol. The summed E-state index contributed by atoms with van der Waals surface area (Å²) in [6.07, 6.45) is 2.82. The van der Waals surface area contributed by atoms with Crippen LogP contribution >= 0.6 is 23.8 Å². The van der Waals surface area contributed by atoms with E-state index in [4.69, 9.17) is 33.0 Å². The van der Waals surface area contributed by atoms with E-state index in [2.05, 4.69) is 15.0 Å². The van der Waals surface area contributed by atoms with Crippen LogP contribution in [0.5, 0.6) is 5.75 Å². The Balaban J connectivity index is 1.61. The van der Waals surface area contributed by atoms with Crippen molar-refractivity contribution in [3.63, 3.8) is 0 Å². The molecule has 196 valence electrons. The summed E-state index contributed by atoms with van der Waals surface area (Å²) in [5.41, 5.74) is 3.63. The third-order valence-corrected chi connectivity index (χ3v) is 7.62. The fraction of sp³-hybridized carbons (Fsp3) is 0.185. The Hall–Kier alpha value is -3.60. The normalized spacial score (nSPS) is 17.4. The minimum Gasteiger partial charge on any atom is -0.494 e. The molecule has 0 bridgehead atoms. The van der Waals surface area contributed by atoms with Gasteiger partial charge in [-0.3, -0.25) is 9.71 Å². The molecule has 0 aliphatic carbocycles. The second kappa shape index (κ2) is 10.3. The van der Waals surface area contributed by atoms with Gasteiger partial charge in [-0.05, 0) is 67.2 Å². The minimum atomic E-state index is -3.50. The maximum atomic E-state index is 11.8. The van der Waals surface area contributed by atoms with Gasteiger partial charge in [-0.15, -0.1) is 0 Å². The molecule has 0 saturated carbocycles. The molecule has 0 unspecified atom stereocenters. The zero-order chi connectivity index (χ0) is 27.0. The first-order chi connectivity index (χ1) is 18.2. The number of anilines is 2. The molecule has 2 aromatic heterocycles. The lowest BCUT2D eigenvalue weighted by atomic mass is 10.0. The van der Waals surface area contributed by atoms with E-state index < -0.39 is 16.1 Å². The summed E-state index contributed by atoms with van der Waals surface area (Å²) < 4.78 is 38.1. The van der Waals surface area contributed by atoms with Gasteiger partial charge in [-0.2, -0.15) is 0 Å². The van der Waals surface area contributed by atoms with Crippen molar-refractivity contribution in [3.8, 4) is 17.1 Å². The van der Waals surface area contributed by atoms with E-state index in [9.17, 15) is 8.42 Å². The topological polar surface area (TPSA) is 96.7 Å². The average molecular weight is 569 g/mol. The number of aromatic nitrogens is 1. The number of nitrogens with one attached hydrogen (secondary N) is 2. The number of hydrogen-bond acceptors (Lipinski definition) is 6. The van der Waals surface area contributed by atoms with Crippen LogP contribution in [0.3, 0.4) is 0 Å². The number of benzene rings is 2. The Kier molecular flexibility index (Phi) is 7.04. The summed E-state index contributed by atoms with van der Waals surface area (Å²) in [6, 6.07) is 19.7. The van der Waals surface area contributed by atoms with Crippen molar-refractivity contribution in [1.82, 2.24) is 10.3 Å². The summed E-state index contributed by atoms with van der Waals surface area (Å²) in [5, 5.41) is 4.51. The number of rotatable bonds is 7. The molecule has 2 atom stereocenters. The van der Waals surface area contributed by atoms with Crippen LogP contribution in [0.4, 0.5) is 11.4 Å². The minimum absolute atomic E-state index is 0.317. The van der Waals surface area contributed by atoms with Crippen molar-refractivity contribution in [3.05, 3.63) is 95.0 Å². The van der Waals surface area contributed by atoms with Crippen molar-refractivity contribution >= 4 is 50.3 Å². The standard InChI is InChI=1S/C27H25ClN4O4S2/c1-16-18(7-6-8-19(16)28)22-12-13-23(36-22)26-25(21-9-4-5-14-29-21)30-27(37)32(26)17-10-11-20(24(15-17)35-2)31-38(3,33)34/h4-15,25-26,31H,1-3H3,(H,30,37)/t25-,26+/m1/s1. The fourth-order valence-electron chi connectivity index (χ4n) is 4.57. The third kappa shape index (κ3) is 5.07. The molecule has 5 rings (SSSR count). The fourth-order valence-corrected chi connectivity index (χ4v) is 5.66. The van der Waals surface area contributed by atoms with Gasteiger partial charge in [-0.1, -0.05) is 29.8 Å². The molecule has 1 saturated heterocycles. The molecule has 1 aliphatic rings. The van der Waals surface area contributed by atoms with Crippen molar-refractivity contribution in [2.75, 3.05) is 23.0 Å². The number of pyridine rings is 1. The number of hydrogen-bond donors (Lipinski definition) is 2. The lowest BCUT2D eigenvalue weighted by Crippen LogP contribution is -2.29. The predicted molar refractivity (Wildman–Crippen MR) is 153 cm³/mol. The van der Waals surface area contributed by atoms with Crippen molar-refractivity contribution in [2.24, 2.45) is 0 Å². The maximum Gasteiger partial charge on any atom is 0.229 e. The van der Waals surface area contributed by atoms with Crippen molar-refractivity contribution < 1.29 is 17.6 Å². The first-order valence-electron chi connectivity index (χ1n) is 11.7. The van der Waals surface area contributed by atoms with E-state index >= 15 is 0 Å². The largest absolute Gasteiger partial charge is 0.494 e. The molecule has 8 nitrogen and oxygen atoms in total. The Morgan fingerprint density at radius 3 is 2.66 bits per heavy atom. The van der Waals surface area contributed by atoms with Crippen LogP contribution in [0.15, 0.2) is 77.3 Å². The Bertz CT molecular complexity index is 1610. The summed E-state index contributed by atoms with van der Waals surface area (Å²) in [6.45, 7) is 1.95. The van der Waals surface area contributed by atoms with E-state index in [1.54, 1.807) is 24.4 Å². The Morgan fingerprint density at radius 2 is 1.95 bits per heavy atom. The van der Waals surface area contributed by atoms with Gasteiger partial charge in [0.1, 0.15) is 23.3 Å². The number of furan rings is 1. The van der Waals surface area contributed by atoms with Gasteiger partial charge in [0.25, 0.3) is 0 Å². The van der Waals surface area contributed by atoms with Gasteiger partial charge in [0.05, 0.1) is 30.8 Å². The van der Waals surface area contributed by atoms with Gasteiger partial charge in [0, 0.05) is 28.5 Å². The van der Waals surface area contributed by atoms with Crippen LogP contribution in [0, 0.1) is 6.92 Å². The van der Waals surface area contributed by atoms with E-state index in [0.29, 0.717) is 38.8 Å². The molecule has 11 heteroatoms. The van der Waals surface area contributed by atoms with Crippen molar-refractivity contribution in [2.45, 2.75) is 19.0 Å². The van der Waals surface area contributed by atoms with Crippen LogP contribution in [0.1, 0.15) is 29.1 Å². The molecule has 0 spiro atoms. The zero-order valence-corrected chi connectivity index (χ0v) is 23.2. The Morgan fingerprint density at radius 1 is 1.13 bits per heavy atom. The number of methoxy groups -OCH3 is 1. The summed E-state index contributed by atoms with van der Waals surface area (Å²) in [5.74, 6) is 1.70. The lowest BCUT2D eigenvalue weighted by Gasteiger charge is -2.27. The molecule has 3 heterocycles. The first-order valence-corrected chi connectivity index (χ1v) is 14.4. The van der Waals surface area contributed by atoms with E-state index in [1.807, 2.05) is 60.4 Å². The SMILES string of the molecule is COc1cc(N2C(=S)N[C@H](c3ccccn3)[C@@H]2c2ccc(-c3cccc(Cl)c3C)o2)ccc1NS(C)(=O)=O. The van der Waals surface area contributed by atoms with Gasteiger partial charge in [0.2, 0.25) is 10.0 Å². The van der Waals surface area contributed by atoms with Gasteiger partial charge in [-0.25, -0.2) is 8.42 Å². The third-order valence-electron chi connectivity index (χ3n) is 6.31. The zero-order valence-electron chi connectivity index (χ0n) is 20.8. The maximum absolute atomic E-state index is 11.8. The number of nitrogens with zero attached hydrogens (tertiary/aromatic N) is 2. The monoisotopic (exact) mass is 568 g/mol. The van der Waals surface area contributed by atoms with Crippen LogP contribution in [-0.4, -0.2) is 31.9 Å². The molecule has 1 fully saturated rings. The smallest absolute Gasteiger partial charge is 0.229 e. The van der Waals surface area contributed by atoms with Crippen LogP contribution in [0.25, 0.3) is 11.3 Å². The molecule has 38 heavy (non-hydrogen) atoms. The van der Waals surface area contributed by atoms with Gasteiger partial charge < -0.3 is 19.4 Å². The highest BCUT2D eigenvalue weighted by atomic mass is 35.5. The number of halogens is 1. The number of ether oxygens (including phenoxy) is 1. The molecular formula is C27H25ClN4O4S2. The van der Waals surface area contributed by atoms with Gasteiger partial charge >= 0.3 is 0 Å². The highest BCUT2D eigenvalue weighted by Gasteiger charge is 2.43. The van der Waals surface area contributed by atoms with E-state index in [0.717, 1.165) is 23.1 Å².